The Bertz CT molecular complexity index is 724. The molecule has 2 aromatic rings. The molecule has 1 aliphatic heterocycles. The minimum absolute atomic E-state index is 0.0447. The van der Waals surface area contributed by atoms with Crippen LogP contribution in [0.5, 0.6) is 11.5 Å². The van der Waals surface area contributed by atoms with E-state index >= 15 is 0 Å². The Balaban J connectivity index is 1.29. The van der Waals surface area contributed by atoms with Gasteiger partial charge in [0.1, 0.15) is 18.4 Å². The Labute approximate surface area is 140 Å². The van der Waals surface area contributed by atoms with Crippen LogP contribution in [0.3, 0.4) is 0 Å². The van der Waals surface area contributed by atoms with Gasteiger partial charge in [0.05, 0.1) is 6.04 Å². The van der Waals surface area contributed by atoms with Gasteiger partial charge in [-0.2, -0.15) is 5.10 Å². The maximum Gasteiger partial charge on any atom is 0.269 e. The zero-order chi connectivity index (χ0) is 16.4. The summed E-state index contributed by atoms with van der Waals surface area (Å²) in [6, 6.07) is 9.81. The van der Waals surface area contributed by atoms with Gasteiger partial charge in [0, 0.05) is 19.2 Å². The summed E-state index contributed by atoms with van der Waals surface area (Å²) < 4.78 is 13.4. The van der Waals surface area contributed by atoms with E-state index < -0.39 is 0 Å². The van der Waals surface area contributed by atoms with Gasteiger partial charge in [-0.1, -0.05) is 12.1 Å². The molecule has 6 heteroatoms. The van der Waals surface area contributed by atoms with E-state index in [1.807, 2.05) is 28.9 Å². The lowest BCUT2D eigenvalue weighted by Crippen LogP contribution is -2.35. The monoisotopic (exact) mass is 327 g/mol. The van der Waals surface area contributed by atoms with E-state index in [0.29, 0.717) is 31.3 Å². The molecule has 1 unspecified atom stereocenters. The molecule has 126 valence electrons. The van der Waals surface area contributed by atoms with Crippen molar-refractivity contribution in [1.82, 2.24) is 15.1 Å². The summed E-state index contributed by atoms with van der Waals surface area (Å²) in [5.41, 5.74) is 0.644. The minimum atomic E-state index is -0.0727. The number of rotatable bonds is 5. The molecule has 2 heterocycles. The van der Waals surface area contributed by atoms with Crippen molar-refractivity contribution in [2.75, 3.05) is 13.2 Å². The second kappa shape index (κ2) is 6.55. The van der Waals surface area contributed by atoms with Crippen LogP contribution in [-0.4, -0.2) is 34.9 Å². The molecule has 1 aromatic heterocycles. The number of nitrogens with zero attached hydrogens (tertiary/aromatic N) is 2. The van der Waals surface area contributed by atoms with Crippen molar-refractivity contribution < 1.29 is 14.3 Å². The normalized spacial score (nSPS) is 19.6. The lowest BCUT2D eigenvalue weighted by Gasteiger charge is -2.27. The smallest absolute Gasteiger partial charge is 0.269 e. The molecule has 1 saturated carbocycles. The quantitative estimate of drug-likeness (QED) is 0.916. The standard InChI is InChI=1S/C18H21N3O3/c22-18(15-9-11-20-21(15)13-4-3-5-13)19-10-8-14-12-23-16-6-1-2-7-17(16)24-14/h1-2,6-7,9,11,13-14H,3-5,8,10,12H2,(H,19,22). The first-order chi connectivity index (χ1) is 11.8. The van der Waals surface area contributed by atoms with Gasteiger partial charge in [0.15, 0.2) is 11.5 Å². The highest BCUT2D eigenvalue weighted by molar-refractivity contribution is 5.92. The predicted molar refractivity (Wildman–Crippen MR) is 88.4 cm³/mol. The summed E-state index contributed by atoms with van der Waals surface area (Å²) in [4.78, 5) is 12.4. The molecular formula is C18H21N3O3. The largest absolute Gasteiger partial charge is 0.486 e. The molecule has 0 spiro atoms. The zero-order valence-electron chi connectivity index (χ0n) is 13.5. The van der Waals surface area contributed by atoms with E-state index in [1.54, 1.807) is 12.3 Å². The molecule has 24 heavy (non-hydrogen) atoms. The van der Waals surface area contributed by atoms with E-state index in [-0.39, 0.29) is 12.0 Å². The van der Waals surface area contributed by atoms with E-state index in [0.717, 1.165) is 24.3 Å². The van der Waals surface area contributed by atoms with Gasteiger partial charge in [0.2, 0.25) is 0 Å². The van der Waals surface area contributed by atoms with Crippen molar-refractivity contribution in [3.05, 3.63) is 42.2 Å². The third-order valence-electron chi connectivity index (χ3n) is 4.64. The van der Waals surface area contributed by atoms with Crippen LogP contribution in [0.4, 0.5) is 0 Å². The molecule has 1 aromatic carbocycles. The molecule has 6 nitrogen and oxygen atoms in total. The number of carbonyl (C=O) groups is 1. The molecule has 0 bridgehead atoms. The summed E-state index contributed by atoms with van der Waals surface area (Å²) in [6.45, 7) is 1.05. The summed E-state index contributed by atoms with van der Waals surface area (Å²) in [5, 5.41) is 7.26. The summed E-state index contributed by atoms with van der Waals surface area (Å²) >= 11 is 0. The fourth-order valence-electron chi connectivity index (χ4n) is 3.06. The molecule has 1 N–H and O–H groups in total. The number of amides is 1. The first-order valence-electron chi connectivity index (χ1n) is 8.51. The number of fused-ring (bicyclic) bond motifs is 1. The van der Waals surface area contributed by atoms with E-state index in [2.05, 4.69) is 10.4 Å². The molecule has 0 saturated heterocycles. The first kappa shape index (κ1) is 15.1. The molecule has 2 aliphatic rings. The topological polar surface area (TPSA) is 65.4 Å². The van der Waals surface area contributed by atoms with Gasteiger partial charge in [-0.25, -0.2) is 0 Å². The van der Waals surface area contributed by atoms with Crippen LogP contribution >= 0.6 is 0 Å². The van der Waals surface area contributed by atoms with Gasteiger partial charge in [-0.15, -0.1) is 0 Å². The number of nitrogens with one attached hydrogen (secondary N) is 1. The van der Waals surface area contributed by atoms with Gasteiger partial charge >= 0.3 is 0 Å². The first-order valence-corrected chi connectivity index (χ1v) is 8.51. The number of para-hydroxylation sites is 2. The lowest BCUT2D eigenvalue weighted by atomic mass is 9.93. The third kappa shape index (κ3) is 2.96. The maximum atomic E-state index is 12.4. The van der Waals surface area contributed by atoms with Gasteiger partial charge in [-0.3, -0.25) is 9.48 Å². The second-order valence-electron chi connectivity index (χ2n) is 6.29. The maximum absolute atomic E-state index is 12.4. The van der Waals surface area contributed by atoms with Crippen molar-refractivity contribution in [1.29, 1.82) is 0 Å². The molecule has 4 rings (SSSR count). The third-order valence-corrected chi connectivity index (χ3v) is 4.64. The number of aromatic nitrogens is 2. The number of hydrogen-bond donors (Lipinski definition) is 1. The number of benzene rings is 1. The highest BCUT2D eigenvalue weighted by atomic mass is 16.6. The van der Waals surface area contributed by atoms with Crippen molar-refractivity contribution in [3.8, 4) is 11.5 Å². The highest BCUT2D eigenvalue weighted by Gasteiger charge is 2.25. The zero-order valence-corrected chi connectivity index (χ0v) is 13.5. The summed E-state index contributed by atoms with van der Waals surface area (Å²) in [5.74, 6) is 1.47. The Morgan fingerprint density at radius 2 is 2.08 bits per heavy atom. The summed E-state index contributed by atoms with van der Waals surface area (Å²) in [6.07, 6.45) is 5.78. The van der Waals surface area contributed by atoms with Crippen molar-refractivity contribution in [3.63, 3.8) is 0 Å². The molecule has 1 aliphatic carbocycles. The van der Waals surface area contributed by atoms with Crippen LogP contribution < -0.4 is 14.8 Å². The second-order valence-corrected chi connectivity index (χ2v) is 6.29. The van der Waals surface area contributed by atoms with Gasteiger partial charge < -0.3 is 14.8 Å². The lowest BCUT2D eigenvalue weighted by molar-refractivity contribution is 0.0807. The number of ether oxygens (including phenoxy) is 2. The van der Waals surface area contributed by atoms with Crippen molar-refractivity contribution >= 4 is 5.91 Å². The Morgan fingerprint density at radius 1 is 1.25 bits per heavy atom. The van der Waals surface area contributed by atoms with Gasteiger partial charge in [-0.05, 0) is 37.5 Å². The molecule has 1 fully saturated rings. The van der Waals surface area contributed by atoms with E-state index in [9.17, 15) is 4.79 Å². The van der Waals surface area contributed by atoms with E-state index in [4.69, 9.17) is 9.47 Å². The molecular weight excluding hydrogens is 306 g/mol. The van der Waals surface area contributed by atoms with Crippen LogP contribution in [0.1, 0.15) is 42.2 Å². The van der Waals surface area contributed by atoms with Crippen LogP contribution in [0, 0.1) is 0 Å². The Kier molecular flexibility index (Phi) is 4.11. The molecule has 1 amide bonds. The van der Waals surface area contributed by atoms with Crippen LogP contribution in [0.15, 0.2) is 36.5 Å². The Hall–Kier alpha value is -2.50. The molecule has 0 radical (unpaired) electrons. The average molecular weight is 327 g/mol. The summed E-state index contributed by atoms with van der Waals surface area (Å²) in [7, 11) is 0. The number of carbonyl (C=O) groups excluding carboxylic acids is 1. The van der Waals surface area contributed by atoms with Crippen molar-refractivity contribution in [2.24, 2.45) is 0 Å². The average Bonchev–Trinajstić information content (AvgIpc) is 3.02. The fourth-order valence-corrected chi connectivity index (χ4v) is 3.06. The highest BCUT2D eigenvalue weighted by Crippen LogP contribution is 2.32. The number of hydrogen-bond acceptors (Lipinski definition) is 4. The van der Waals surface area contributed by atoms with Crippen molar-refractivity contribution in [2.45, 2.75) is 37.8 Å². The van der Waals surface area contributed by atoms with Crippen LogP contribution in [-0.2, 0) is 0 Å². The van der Waals surface area contributed by atoms with E-state index in [1.165, 1.54) is 6.42 Å². The van der Waals surface area contributed by atoms with Gasteiger partial charge in [0.25, 0.3) is 5.91 Å². The van der Waals surface area contributed by atoms with Crippen LogP contribution in [0.25, 0.3) is 0 Å². The SMILES string of the molecule is O=C(NCCC1COc2ccccc2O1)c1ccnn1C1CCC1. The minimum Gasteiger partial charge on any atom is -0.486 e. The molecule has 1 atom stereocenters. The predicted octanol–water partition coefficient (Wildman–Crippen LogP) is 2.57. The fraction of sp³-hybridized carbons (Fsp3) is 0.444. The van der Waals surface area contributed by atoms with Crippen LogP contribution in [0.2, 0.25) is 0 Å². The Morgan fingerprint density at radius 3 is 2.88 bits per heavy atom.